The third-order valence-corrected chi connectivity index (χ3v) is 2.59. The summed E-state index contributed by atoms with van der Waals surface area (Å²) in [6.07, 6.45) is 3.97. The van der Waals surface area contributed by atoms with Crippen LogP contribution in [0.3, 0.4) is 0 Å². The van der Waals surface area contributed by atoms with Crippen LogP contribution in [0.1, 0.15) is 16.7 Å². The van der Waals surface area contributed by atoms with Crippen molar-refractivity contribution < 1.29 is 0 Å². The van der Waals surface area contributed by atoms with E-state index in [1.165, 1.54) is 0 Å². The minimum Gasteiger partial charge on any atom is -0.0622 e. The summed E-state index contributed by atoms with van der Waals surface area (Å²) >= 11 is 0. The summed E-state index contributed by atoms with van der Waals surface area (Å²) in [5, 5.41) is 3.69. The molecule has 0 aliphatic carbocycles. The van der Waals surface area contributed by atoms with Crippen molar-refractivity contribution in [3.63, 3.8) is 0 Å². The molecule has 0 unspecified atom stereocenters. The van der Waals surface area contributed by atoms with Crippen molar-refractivity contribution in [3.8, 4) is 0 Å². The summed E-state index contributed by atoms with van der Waals surface area (Å²) in [4.78, 5) is 2.84. The minimum atomic E-state index is 0.648. The van der Waals surface area contributed by atoms with Gasteiger partial charge < -0.3 is 0 Å². The van der Waals surface area contributed by atoms with Crippen molar-refractivity contribution >= 4 is 17.8 Å². The first-order valence-electron chi connectivity index (χ1n) is 5.68. The SMILES string of the molecule is Cc1ccc(N=[N+]=[N-])c(/C=C/c2ccccc2)c1. The average molecular weight is 235 g/mol. The molecule has 0 saturated heterocycles. The molecule has 0 N–H and O–H groups in total. The molecule has 0 atom stereocenters. The molecule has 0 amide bonds. The second-order valence-electron chi connectivity index (χ2n) is 4.00. The minimum absolute atomic E-state index is 0.648. The zero-order valence-electron chi connectivity index (χ0n) is 10.1. The van der Waals surface area contributed by atoms with Crippen LogP contribution in [0.4, 0.5) is 5.69 Å². The highest BCUT2D eigenvalue weighted by Crippen LogP contribution is 2.23. The molecule has 0 aliphatic heterocycles. The van der Waals surface area contributed by atoms with E-state index in [-0.39, 0.29) is 0 Å². The number of hydrogen-bond donors (Lipinski definition) is 0. The van der Waals surface area contributed by atoms with Crippen LogP contribution in [0.25, 0.3) is 22.6 Å². The number of nitrogens with zero attached hydrogens (tertiary/aromatic N) is 3. The third-order valence-electron chi connectivity index (χ3n) is 2.59. The Morgan fingerprint density at radius 1 is 1.06 bits per heavy atom. The highest BCUT2D eigenvalue weighted by atomic mass is 15.1. The summed E-state index contributed by atoms with van der Waals surface area (Å²) < 4.78 is 0. The highest BCUT2D eigenvalue weighted by molar-refractivity contribution is 5.75. The van der Waals surface area contributed by atoms with Gasteiger partial charge in [-0.2, -0.15) is 0 Å². The second-order valence-corrected chi connectivity index (χ2v) is 4.00. The normalized spacial score (nSPS) is 10.3. The Morgan fingerprint density at radius 2 is 1.83 bits per heavy atom. The first-order chi connectivity index (χ1) is 8.79. The van der Waals surface area contributed by atoms with Gasteiger partial charge in [0.15, 0.2) is 0 Å². The predicted octanol–water partition coefficient (Wildman–Crippen LogP) is 5.11. The van der Waals surface area contributed by atoms with Crippen LogP contribution in [0, 0.1) is 6.92 Å². The first-order valence-corrected chi connectivity index (χ1v) is 5.68. The van der Waals surface area contributed by atoms with Crippen LogP contribution in [-0.2, 0) is 0 Å². The van der Waals surface area contributed by atoms with E-state index in [0.29, 0.717) is 5.69 Å². The average Bonchev–Trinajstić information content (AvgIpc) is 2.40. The smallest absolute Gasteiger partial charge is 0.0447 e. The molecule has 18 heavy (non-hydrogen) atoms. The zero-order chi connectivity index (χ0) is 12.8. The van der Waals surface area contributed by atoms with Crippen LogP contribution < -0.4 is 0 Å². The highest BCUT2D eigenvalue weighted by Gasteiger charge is 1.97. The van der Waals surface area contributed by atoms with Gasteiger partial charge in [0.05, 0.1) is 0 Å². The number of aryl methyl sites for hydroxylation is 1. The van der Waals surface area contributed by atoms with Crippen LogP contribution in [-0.4, -0.2) is 0 Å². The third kappa shape index (κ3) is 3.00. The lowest BCUT2D eigenvalue weighted by atomic mass is 10.1. The van der Waals surface area contributed by atoms with Crippen LogP contribution in [0.5, 0.6) is 0 Å². The van der Waals surface area contributed by atoms with Gasteiger partial charge in [0, 0.05) is 10.6 Å². The molecule has 0 spiro atoms. The van der Waals surface area contributed by atoms with E-state index in [0.717, 1.165) is 16.7 Å². The van der Waals surface area contributed by atoms with Crippen molar-refractivity contribution in [1.29, 1.82) is 0 Å². The standard InChI is InChI=1S/C15H13N3/c1-12-7-10-15(17-18-16)14(11-12)9-8-13-5-3-2-4-6-13/h2-11H,1H3/b9-8+. The molecule has 0 radical (unpaired) electrons. The maximum Gasteiger partial charge on any atom is 0.0447 e. The molecular formula is C15H13N3. The van der Waals surface area contributed by atoms with Crippen molar-refractivity contribution in [3.05, 3.63) is 75.7 Å². The summed E-state index contributed by atoms with van der Waals surface area (Å²) in [5.41, 5.74) is 12.4. The van der Waals surface area contributed by atoms with Gasteiger partial charge in [0.25, 0.3) is 0 Å². The second kappa shape index (κ2) is 5.71. The maximum absolute atomic E-state index is 8.53. The van der Waals surface area contributed by atoms with Gasteiger partial charge in [-0.15, -0.1) is 0 Å². The Morgan fingerprint density at radius 3 is 2.56 bits per heavy atom. The molecule has 88 valence electrons. The fraction of sp³-hybridized carbons (Fsp3) is 0.0667. The lowest BCUT2D eigenvalue weighted by Gasteiger charge is -2.01. The van der Waals surface area contributed by atoms with E-state index in [9.17, 15) is 0 Å². The molecule has 0 heterocycles. The van der Waals surface area contributed by atoms with Crippen LogP contribution in [0.15, 0.2) is 53.6 Å². The van der Waals surface area contributed by atoms with E-state index in [4.69, 9.17) is 5.53 Å². The van der Waals surface area contributed by atoms with E-state index in [1.807, 2.05) is 67.6 Å². The van der Waals surface area contributed by atoms with Crippen molar-refractivity contribution in [2.45, 2.75) is 6.92 Å². The van der Waals surface area contributed by atoms with Gasteiger partial charge >= 0.3 is 0 Å². The van der Waals surface area contributed by atoms with Gasteiger partial charge in [-0.3, -0.25) is 0 Å². The van der Waals surface area contributed by atoms with Crippen molar-refractivity contribution in [2.75, 3.05) is 0 Å². The molecule has 2 aromatic rings. The number of rotatable bonds is 3. The molecule has 0 saturated carbocycles. The number of hydrogen-bond acceptors (Lipinski definition) is 1. The largest absolute Gasteiger partial charge is 0.0622 e. The predicted molar refractivity (Wildman–Crippen MR) is 75.4 cm³/mol. The van der Waals surface area contributed by atoms with Crippen LogP contribution in [0.2, 0.25) is 0 Å². The monoisotopic (exact) mass is 235 g/mol. The lowest BCUT2D eigenvalue weighted by Crippen LogP contribution is -1.77. The van der Waals surface area contributed by atoms with Gasteiger partial charge in [0.2, 0.25) is 0 Å². The maximum atomic E-state index is 8.53. The summed E-state index contributed by atoms with van der Waals surface area (Å²) in [6.45, 7) is 2.01. The van der Waals surface area contributed by atoms with Gasteiger partial charge in [-0.1, -0.05) is 71.4 Å². The molecule has 3 nitrogen and oxygen atoms in total. The Labute approximate surface area is 106 Å². The topological polar surface area (TPSA) is 48.8 Å². The molecule has 0 fully saturated rings. The fourth-order valence-corrected chi connectivity index (χ4v) is 1.70. The van der Waals surface area contributed by atoms with E-state index < -0.39 is 0 Å². The Balaban J connectivity index is 2.36. The molecule has 0 bridgehead atoms. The number of azide groups is 1. The summed E-state index contributed by atoms with van der Waals surface area (Å²) in [5.74, 6) is 0. The molecule has 2 rings (SSSR count). The molecule has 0 aliphatic rings. The fourth-order valence-electron chi connectivity index (χ4n) is 1.70. The van der Waals surface area contributed by atoms with E-state index >= 15 is 0 Å². The van der Waals surface area contributed by atoms with Gasteiger partial charge in [-0.25, -0.2) is 0 Å². The summed E-state index contributed by atoms with van der Waals surface area (Å²) in [6, 6.07) is 15.8. The molecule has 3 heteroatoms. The quantitative estimate of drug-likeness (QED) is 0.307. The molecular weight excluding hydrogens is 222 g/mol. The Bertz CT molecular complexity index is 609. The van der Waals surface area contributed by atoms with Gasteiger partial charge in [-0.05, 0) is 23.6 Å². The first kappa shape index (κ1) is 12.0. The van der Waals surface area contributed by atoms with Crippen molar-refractivity contribution in [2.24, 2.45) is 5.11 Å². The molecule has 0 aromatic heterocycles. The Kier molecular flexibility index (Phi) is 3.79. The number of benzene rings is 2. The lowest BCUT2D eigenvalue weighted by molar-refractivity contribution is 1.40. The zero-order valence-corrected chi connectivity index (χ0v) is 10.1. The molecule has 2 aromatic carbocycles. The van der Waals surface area contributed by atoms with E-state index in [2.05, 4.69) is 10.0 Å². The van der Waals surface area contributed by atoms with Crippen LogP contribution >= 0.6 is 0 Å². The van der Waals surface area contributed by atoms with Gasteiger partial charge in [0.1, 0.15) is 0 Å². The Hall–Kier alpha value is -2.51. The van der Waals surface area contributed by atoms with Crippen molar-refractivity contribution in [1.82, 2.24) is 0 Å². The van der Waals surface area contributed by atoms with E-state index in [1.54, 1.807) is 0 Å². The summed E-state index contributed by atoms with van der Waals surface area (Å²) in [7, 11) is 0.